The van der Waals surface area contributed by atoms with Crippen LogP contribution >= 0.6 is 0 Å². The molecule has 6 nitrogen and oxygen atoms in total. The van der Waals surface area contributed by atoms with Crippen molar-refractivity contribution in [1.29, 1.82) is 0 Å². The van der Waals surface area contributed by atoms with E-state index in [1.54, 1.807) is 6.92 Å². The van der Waals surface area contributed by atoms with Crippen LogP contribution in [0.15, 0.2) is 24.3 Å². The Bertz CT molecular complexity index is 768. The highest BCUT2D eigenvalue weighted by molar-refractivity contribution is 5.96. The Kier molecular flexibility index (Phi) is 8.48. The smallest absolute Gasteiger partial charge is 0.393 e. The number of hydrogen-bond donors (Lipinski definition) is 3. The van der Waals surface area contributed by atoms with E-state index in [0.717, 1.165) is 31.0 Å². The summed E-state index contributed by atoms with van der Waals surface area (Å²) in [5.41, 5.74) is -1.09. The van der Waals surface area contributed by atoms with Crippen LogP contribution in [0.25, 0.3) is 0 Å². The standard InChI is InChI=1S/C22H32F3N3O3/c1-13(2)28(4)17-8-9-19(18(11-17)14(3)29)27-20(30)12-26-21(31)15-6-5-7-16(10-15)22(23,24)25/h5-7,10,13-14,17-19,29H,8-9,11-12H2,1-4H3,(H,26,31)(H,27,30)/t14-,17+,18-,19-/m0/s1. The number of amides is 2. The number of aliphatic hydroxyl groups excluding tert-OH is 1. The molecule has 0 unspecified atom stereocenters. The second kappa shape index (κ2) is 10.5. The zero-order valence-corrected chi connectivity index (χ0v) is 18.4. The Morgan fingerprint density at radius 1 is 1.23 bits per heavy atom. The minimum atomic E-state index is -4.55. The number of carbonyl (C=O) groups excluding carboxylic acids is 2. The van der Waals surface area contributed by atoms with Crippen LogP contribution in [0.4, 0.5) is 13.2 Å². The Hall–Kier alpha value is -2.13. The third-order valence-corrected chi connectivity index (χ3v) is 6.09. The van der Waals surface area contributed by atoms with Crippen molar-refractivity contribution >= 4 is 11.8 Å². The molecule has 9 heteroatoms. The summed E-state index contributed by atoms with van der Waals surface area (Å²) < 4.78 is 38.4. The average molecular weight is 444 g/mol. The Labute approximate surface area is 181 Å². The Morgan fingerprint density at radius 2 is 1.90 bits per heavy atom. The molecule has 1 aromatic carbocycles. The first-order valence-electron chi connectivity index (χ1n) is 10.5. The van der Waals surface area contributed by atoms with Crippen LogP contribution in [0.5, 0.6) is 0 Å². The van der Waals surface area contributed by atoms with E-state index in [0.29, 0.717) is 18.5 Å². The molecule has 1 fully saturated rings. The van der Waals surface area contributed by atoms with E-state index in [-0.39, 0.29) is 24.1 Å². The number of rotatable bonds is 7. The largest absolute Gasteiger partial charge is 0.416 e. The van der Waals surface area contributed by atoms with E-state index in [1.807, 2.05) is 0 Å². The molecule has 2 rings (SSSR count). The lowest BCUT2D eigenvalue weighted by atomic mass is 9.78. The van der Waals surface area contributed by atoms with E-state index in [4.69, 9.17) is 0 Å². The first-order chi connectivity index (χ1) is 14.4. The maximum absolute atomic E-state index is 12.8. The van der Waals surface area contributed by atoms with Gasteiger partial charge in [-0.2, -0.15) is 13.2 Å². The first kappa shape index (κ1) is 25.1. The Balaban J connectivity index is 1.92. The number of nitrogens with zero attached hydrogens (tertiary/aromatic N) is 1. The molecular weight excluding hydrogens is 411 g/mol. The summed E-state index contributed by atoms with van der Waals surface area (Å²) in [4.78, 5) is 26.8. The van der Waals surface area contributed by atoms with Gasteiger partial charge in [0.15, 0.2) is 0 Å². The van der Waals surface area contributed by atoms with Gasteiger partial charge in [-0.05, 0) is 65.3 Å². The summed E-state index contributed by atoms with van der Waals surface area (Å²) in [5.74, 6) is -1.31. The number of halogens is 3. The minimum Gasteiger partial charge on any atom is -0.393 e. The van der Waals surface area contributed by atoms with Gasteiger partial charge in [-0.1, -0.05) is 6.07 Å². The normalized spacial score (nSPS) is 23.0. The molecule has 2 amide bonds. The molecule has 0 aromatic heterocycles. The lowest BCUT2D eigenvalue weighted by Crippen LogP contribution is -2.53. The summed E-state index contributed by atoms with van der Waals surface area (Å²) in [6, 6.07) is 4.51. The highest BCUT2D eigenvalue weighted by atomic mass is 19.4. The van der Waals surface area contributed by atoms with Gasteiger partial charge in [0, 0.05) is 29.6 Å². The third-order valence-electron chi connectivity index (χ3n) is 6.09. The molecule has 1 aliphatic carbocycles. The summed E-state index contributed by atoms with van der Waals surface area (Å²) in [6.45, 7) is 5.57. The topological polar surface area (TPSA) is 81.7 Å². The number of nitrogens with one attached hydrogen (secondary N) is 2. The number of alkyl halides is 3. The van der Waals surface area contributed by atoms with Gasteiger partial charge in [-0.25, -0.2) is 0 Å². The molecule has 1 aromatic rings. The van der Waals surface area contributed by atoms with Crippen LogP contribution in [-0.2, 0) is 11.0 Å². The van der Waals surface area contributed by atoms with E-state index < -0.39 is 29.7 Å². The van der Waals surface area contributed by atoms with E-state index in [9.17, 15) is 27.9 Å². The number of hydrogen-bond acceptors (Lipinski definition) is 4. The minimum absolute atomic E-state index is 0.122. The average Bonchev–Trinajstić information content (AvgIpc) is 2.71. The van der Waals surface area contributed by atoms with Crippen molar-refractivity contribution in [2.45, 2.75) is 70.4 Å². The molecule has 0 heterocycles. The van der Waals surface area contributed by atoms with E-state index >= 15 is 0 Å². The van der Waals surface area contributed by atoms with Crippen molar-refractivity contribution in [3.05, 3.63) is 35.4 Å². The van der Waals surface area contributed by atoms with Crippen molar-refractivity contribution in [2.75, 3.05) is 13.6 Å². The second-order valence-corrected chi connectivity index (χ2v) is 8.57. The van der Waals surface area contributed by atoms with Gasteiger partial charge in [0.25, 0.3) is 5.91 Å². The molecule has 1 aliphatic rings. The number of aliphatic hydroxyl groups is 1. The highest BCUT2D eigenvalue weighted by Crippen LogP contribution is 2.31. The highest BCUT2D eigenvalue weighted by Gasteiger charge is 2.36. The van der Waals surface area contributed by atoms with Crippen molar-refractivity contribution in [2.24, 2.45) is 5.92 Å². The molecule has 174 valence electrons. The van der Waals surface area contributed by atoms with Crippen molar-refractivity contribution in [3.8, 4) is 0 Å². The van der Waals surface area contributed by atoms with Gasteiger partial charge >= 0.3 is 6.18 Å². The predicted molar refractivity (Wildman–Crippen MR) is 111 cm³/mol. The molecule has 4 atom stereocenters. The van der Waals surface area contributed by atoms with E-state index in [2.05, 4.69) is 36.4 Å². The second-order valence-electron chi connectivity index (χ2n) is 8.57. The Morgan fingerprint density at radius 3 is 2.48 bits per heavy atom. The van der Waals surface area contributed by atoms with Gasteiger partial charge in [0.05, 0.1) is 18.2 Å². The molecule has 0 radical (unpaired) electrons. The molecule has 31 heavy (non-hydrogen) atoms. The van der Waals surface area contributed by atoms with E-state index in [1.165, 1.54) is 6.07 Å². The SMILES string of the molecule is CC(C)N(C)[C@@H]1CC[C@H](NC(=O)CNC(=O)c2cccc(C(F)(F)F)c2)[C@H]([C@H](C)O)C1. The van der Waals surface area contributed by atoms with Crippen LogP contribution in [-0.4, -0.2) is 59.6 Å². The molecule has 0 saturated heterocycles. The third kappa shape index (κ3) is 6.93. The van der Waals surface area contributed by atoms with Crippen molar-refractivity contribution < 1.29 is 27.9 Å². The first-order valence-corrected chi connectivity index (χ1v) is 10.5. The molecule has 0 bridgehead atoms. The van der Waals surface area contributed by atoms with Crippen LogP contribution in [0.1, 0.15) is 56.0 Å². The van der Waals surface area contributed by atoms with Crippen LogP contribution in [0, 0.1) is 5.92 Å². The fraction of sp³-hybridized carbons (Fsp3) is 0.636. The molecular formula is C22H32F3N3O3. The van der Waals surface area contributed by atoms with Crippen LogP contribution in [0.2, 0.25) is 0 Å². The summed E-state index contributed by atoms with van der Waals surface area (Å²) >= 11 is 0. The molecule has 0 aliphatic heterocycles. The van der Waals surface area contributed by atoms with Crippen LogP contribution in [0.3, 0.4) is 0 Å². The lowest BCUT2D eigenvalue weighted by Gasteiger charge is -2.42. The number of carbonyl (C=O) groups is 2. The zero-order valence-electron chi connectivity index (χ0n) is 18.4. The van der Waals surface area contributed by atoms with Gasteiger partial charge in [0.1, 0.15) is 0 Å². The lowest BCUT2D eigenvalue weighted by molar-refractivity contribution is -0.137. The predicted octanol–water partition coefficient (Wildman–Crippen LogP) is 2.81. The summed E-state index contributed by atoms with van der Waals surface area (Å²) in [5, 5.41) is 15.5. The molecule has 0 spiro atoms. The van der Waals surface area contributed by atoms with Gasteiger partial charge < -0.3 is 20.6 Å². The monoisotopic (exact) mass is 443 g/mol. The maximum atomic E-state index is 12.8. The zero-order chi connectivity index (χ0) is 23.3. The fourth-order valence-corrected chi connectivity index (χ4v) is 4.04. The van der Waals surface area contributed by atoms with Gasteiger partial charge in [-0.15, -0.1) is 0 Å². The summed E-state index contributed by atoms with van der Waals surface area (Å²) in [6.07, 6.45) is -2.84. The van der Waals surface area contributed by atoms with Crippen molar-refractivity contribution in [1.82, 2.24) is 15.5 Å². The quantitative estimate of drug-likeness (QED) is 0.605. The summed E-state index contributed by atoms with van der Waals surface area (Å²) in [7, 11) is 2.05. The van der Waals surface area contributed by atoms with Gasteiger partial charge in [-0.3, -0.25) is 9.59 Å². The van der Waals surface area contributed by atoms with Crippen LogP contribution < -0.4 is 10.6 Å². The van der Waals surface area contributed by atoms with Gasteiger partial charge in [0.2, 0.25) is 5.91 Å². The molecule has 1 saturated carbocycles. The maximum Gasteiger partial charge on any atom is 0.416 e. The van der Waals surface area contributed by atoms with Crippen molar-refractivity contribution in [3.63, 3.8) is 0 Å². The fourth-order valence-electron chi connectivity index (χ4n) is 4.04. The number of benzene rings is 1. The molecule has 3 N–H and O–H groups in total.